The maximum atomic E-state index is 12.2. The van der Waals surface area contributed by atoms with Crippen LogP contribution in [-0.4, -0.2) is 34.7 Å². The molecule has 4 heteroatoms. The molecule has 20 heavy (non-hydrogen) atoms. The topological polar surface area (TPSA) is 52.6 Å². The molecular weight excluding hydrogens is 252 g/mol. The number of nitrogens with zero attached hydrogens (tertiary/aromatic N) is 1. The van der Waals surface area contributed by atoms with E-state index in [1.54, 1.807) is 11.8 Å². The van der Waals surface area contributed by atoms with Gasteiger partial charge in [-0.25, -0.2) is 4.79 Å². The fraction of sp³-hybridized carbons (Fsp3) is 0.312. The molecular formula is C16H18N2O2. The first-order chi connectivity index (χ1) is 9.55. The predicted molar refractivity (Wildman–Crippen MR) is 79.8 cm³/mol. The van der Waals surface area contributed by atoms with Crippen molar-refractivity contribution in [3.8, 4) is 0 Å². The molecule has 1 aliphatic heterocycles. The Balaban J connectivity index is 1.82. The molecule has 2 aromatic rings. The van der Waals surface area contributed by atoms with Crippen LogP contribution in [-0.2, 0) is 0 Å². The highest BCUT2D eigenvalue weighted by Gasteiger charge is 2.34. The lowest BCUT2D eigenvalue weighted by Crippen LogP contribution is -2.36. The van der Waals surface area contributed by atoms with E-state index >= 15 is 0 Å². The lowest BCUT2D eigenvalue weighted by molar-refractivity contribution is 0.0727. The summed E-state index contributed by atoms with van der Waals surface area (Å²) in [6, 6.07) is 13.6. The number of carbonyl (C=O) groups is 1. The Kier molecular flexibility index (Phi) is 3.10. The number of likely N-dealkylation sites (tertiary alicyclic amines) is 1. The van der Waals surface area contributed by atoms with Crippen LogP contribution in [0.2, 0.25) is 0 Å². The number of carbonyl (C=O) groups excluding carboxylic acids is 1. The van der Waals surface area contributed by atoms with Crippen LogP contribution in [0.15, 0.2) is 42.5 Å². The lowest BCUT2D eigenvalue weighted by Gasteiger charge is -2.20. The zero-order chi connectivity index (χ0) is 14.2. The first kappa shape index (κ1) is 12.9. The van der Waals surface area contributed by atoms with Crippen LogP contribution in [0, 0.1) is 0 Å². The van der Waals surface area contributed by atoms with Crippen LogP contribution in [0.3, 0.4) is 0 Å². The van der Waals surface area contributed by atoms with Gasteiger partial charge in [0.2, 0.25) is 0 Å². The number of anilines is 1. The summed E-state index contributed by atoms with van der Waals surface area (Å²) < 4.78 is 0. The molecule has 1 saturated heterocycles. The number of β-amino-alcohol motifs (C(OH)–C–C–N with tert-alkyl or cyclic N) is 1. The Hall–Kier alpha value is -2.07. The predicted octanol–water partition coefficient (Wildman–Crippen LogP) is 2.83. The Morgan fingerprint density at radius 1 is 1.25 bits per heavy atom. The van der Waals surface area contributed by atoms with Crippen molar-refractivity contribution >= 4 is 22.5 Å². The zero-order valence-electron chi connectivity index (χ0n) is 11.5. The number of rotatable bonds is 1. The van der Waals surface area contributed by atoms with Crippen molar-refractivity contribution in [2.75, 3.05) is 18.4 Å². The molecule has 0 saturated carbocycles. The smallest absolute Gasteiger partial charge is 0.321 e. The number of benzene rings is 2. The zero-order valence-corrected chi connectivity index (χ0v) is 11.5. The minimum atomic E-state index is -0.768. The number of hydrogen-bond donors (Lipinski definition) is 2. The maximum Gasteiger partial charge on any atom is 0.321 e. The largest absolute Gasteiger partial charge is 0.388 e. The second-order valence-corrected chi connectivity index (χ2v) is 5.63. The van der Waals surface area contributed by atoms with Crippen LogP contribution in [0.4, 0.5) is 10.5 Å². The molecule has 0 radical (unpaired) electrons. The summed E-state index contributed by atoms with van der Waals surface area (Å²) in [4.78, 5) is 13.9. The molecule has 2 N–H and O–H groups in total. The Bertz CT molecular complexity index is 646. The number of aliphatic hydroxyl groups is 1. The van der Waals surface area contributed by atoms with Crippen molar-refractivity contribution in [2.24, 2.45) is 0 Å². The highest BCUT2D eigenvalue weighted by molar-refractivity contribution is 6.01. The van der Waals surface area contributed by atoms with Gasteiger partial charge in [0.1, 0.15) is 0 Å². The fourth-order valence-corrected chi connectivity index (χ4v) is 2.65. The highest BCUT2D eigenvalue weighted by Crippen LogP contribution is 2.25. The van der Waals surface area contributed by atoms with Crippen LogP contribution in [0.1, 0.15) is 13.3 Å². The van der Waals surface area contributed by atoms with E-state index in [4.69, 9.17) is 0 Å². The van der Waals surface area contributed by atoms with Gasteiger partial charge in [0.25, 0.3) is 0 Å². The first-order valence-corrected chi connectivity index (χ1v) is 6.81. The van der Waals surface area contributed by atoms with Crippen molar-refractivity contribution in [3.63, 3.8) is 0 Å². The molecule has 1 atom stereocenters. The van der Waals surface area contributed by atoms with E-state index in [9.17, 15) is 9.90 Å². The quantitative estimate of drug-likeness (QED) is 0.837. The van der Waals surface area contributed by atoms with Crippen molar-refractivity contribution in [2.45, 2.75) is 18.9 Å². The monoisotopic (exact) mass is 270 g/mol. The average Bonchev–Trinajstić information content (AvgIpc) is 2.80. The van der Waals surface area contributed by atoms with E-state index in [1.807, 2.05) is 42.5 Å². The van der Waals surface area contributed by atoms with Gasteiger partial charge in [-0.1, -0.05) is 36.4 Å². The number of amides is 2. The van der Waals surface area contributed by atoms with Crippen LogP contribution >= 0.6 is 0 Å². The van der Waals surface area contributed by atoms with Gasteiger partial charge >= 0.3 is 6.03 Å². The minimum Gasteiger partial charge on any atom is -0.388 e. The van der Waals surface area contributed by atoms with Gasteiger partial charge in [-0.05, 0) is 24.8 Å². The van der Waals surface area contributed by atoms with Crippen LogP contribution in [0.5, 0.6) is 0 Å². The summed E-state index contributed by atoms with van der Waals surface area (Å²) in [5, 5.41) is 15.0. The summed E-state index contributed by atoms with van der Waals surface area (Å²) in [6.45, 7) is 2.73. The van der Waals surface area contributed by atoms with E-state index in [0.29, 0.717) is 19.5 Å². The third-order valence-corrected chi connectivity index (χ3v) is 3.77. The van der Waals surface area contributed by atoms with Crippen LogP contribution in [0.25, 0.3) is 10.8 Å². The van der Waals surface area contributed by atoms with Gasteiger partial charge in [0.05, 0.1) is 17.8 Å². The van der Waals surface area contributed by atoms with E-state index in [1.165, 1.54) is 0 Å². The van der Waals surface area contributed by atoms with E-state index < -0.39 is 5.60 Å². The second kappa shape index (κ2) is 4.80. The van der Waals surface area contributed by atoms with Gasteiger partial charge in [0.15, 0.2) is 0 Å². The maximum absolute atomic E-state index is 12.2. The molecule has 2 amide bonds. The molecule has 1 unspecified atom stereocenters. The molecule has 0 aliphatic carbocycles. The van der Waals surface area contributed by atoms with Crippen LogP contribution < -0.4 is 5.32 Å². The van der Waals surface area contributed by atoms with E-state index in [2.05, 4.69) is 5.32 Å². The second-order valence-electron chi connectivity index (χ2n) is 5.63. The third-order valence-electron chi connectivity index (χ3n) is 3.77. The number of nitrogens with one attached hydrogen (secondary N) is 1. The van der Waals surface area contributed by atoms with Gasteiger partial charge in [0, 0.05) is 11.9 Å². The molecule has 4 nitrogen and oxygen atoms in total. The van der Waals surface area contributed by atoms with E-state index in [-0.39, 0.29) is 6.03 Å². The molecule has 0 aromatic heterocycles. The summed E-state index contributed by atoms with van der Waals surface area (Å²) in [5.41, 5.74) is 0.0375. The summed E-state index contributed by atoms with van der Waals surface area (Å²) in [6.07, 6.45) is 0.621. The summed E-state index contributed by atoms with van der Waals surface area (Å²) in [5.74, 6) is 0. The molecule has 1 aliphatic rings. The van der Waals surface area contributed by atoms with Crippen molar-refractivity contribution in [1.29, 1.82) is 0 Å². The molecule has 0 bridgehead atoms. The molecule has 2 aromatic carbocycles. The molecule has 0 spiro atoms. The molecule has 3 rings (SSSR count). The van der Waals surface area contributed by atoms with Crippen molar-refractivity contribution in [3.05, 3.63) is 42.5 Å². The van der Waals surface area contributed by atoms with Gasteiger partial charge in [-0.15, -0.1) is 0 Å². The summed E-state index contributed by atoms with van der Waals surface area (Å²) in [7, 11) is 0. The van der Waals surface area contributed by atoms with Gasteiger partial charge < -0.3 is 15.3 Å². The Labute approximate surface area is 118 Å². The minimum absolute atomic E-state index is 0.154. The lowest BCUT2D eigenvalue weighted by atomic mass is 10.1. The van der Waals surface area contributed by atoms with Crippen molar-refractivity contribution < 1.29 is 9.90 Å². The highest BCUT2D eigenvalue weighted by atomic mass is 16.3. The normalized spacial score (nSPS) is 22.2. The summed E-state index contributed by atoms with van der Waals surface area (Å²) >= 11 is 0. The fourth-order valence-electron chi connectivity index (χ4n) is 2.65. The van der Waals surface area contributed by atoms with E-state index in [0.717, 1.165) is 16.5 Å². The SMILES string of the molecule is CC1(O)CCN(C(=O)Nc2cccc3ccccc23)C1. The molecule has 104 valence electrons. The number of urea groups is 1. The Morgan fingerprint density at radius 3 is 2.75 bits per heavy atom. The molecule has 1 fully saturated rings. The molecule has 1 heterocycles. The van der Waals surface area contributed by atoms with Crippen molar-refractivity contribution in [1.82, 2.24) is 4.90 Å². The van der Waals surface area contributed by atoms with Gasteiger partial charge in [-0.2, -0.15) is 0 Å². The first-order valence-electron chi connectivity index (χ1n) is 6.81. The third kappa shape index (κ3) is 2.47. The number of fused-ring (bicyclic) bond motifs is 1. The standard InChI is InChI=1S/C16H18N2O2/c1-16(20)9-10-18(11-16)15(19)17-14-8-4-6-12-5-2-3-7-13(12)14/h2-8,20H,9-11H2,1H3,(H,17,19). The van der Waals surface area contributed by atoms with Gasteiger partial charge in [-0.3, -0.25) is 0 Å². The average molecular weight is 270 g/mol. The number of hydrogen-bond acceptors (Lipinski definition) is 2. The Morgan fingerprint density at radius 2 is 2.00 bits per heavy atom.